The van der Waals surface area contributed by atoms with Gasteiger partial charge in [0.25, 0.3) is 5.91 Å². The third-order valence-corrected chi connectivity index (χ3v) is 3.94. The SMILES string of the molecule is COc1cc(OC)c(N)c(C(=O)N2CCCCCCC2)c1. The minimum atomic E-state index is -0.0356. The van der Waals surface area contributed by atoms with Gasteiger partial charge in [0, 0.05) is 19.2 Å². The molecule has 2 rings (SSSR count). The van der Waals surface area contributed by atoms with E-state index in [2.05, 4.69) is 0 Å². The molecule has 2 N–H and O–H groups in total. The first-order valence-electron chi connectivity index (χ1n) is 7.48. The number of hydrogen-bond acceptors (Lipinski definition) is 4. The normalized spacial score (nSPS) is 16.0. The van der Waals surface area contributed by atoms with Crippen molar-refractivity contribution in [3.8, 4) is 11.5 Å². The molecule has 1 aliphatic heterocycles. The predicted octanol–water partition coefficient (Wildman–Crippen LogP) is 2.69. The Morgan fingerprint density at radius 1 is 1.05 bits per heavy atom. The molecule has 0 bridgehead atoms. The number of hydrogen-bond donors (Lipinski definition) is 1. The molecule has 0 aliphatic carbocycles. The lowest BCUT2D eigenvalue weighted by Crippen LogP contribution is -2.34. The van der Waals surface area contributed by atoms with Crippen molar-refractivity contribution in [1.29, 1.82) is 0 Å². The van der Waals surface area contributed by atoms with Gasteiger partial charge in [-0.05, 0) is 18.9 Å². The largest absolute Gasteiger partial charge is 0.497 e. The Bertz CT molecular complexity index is 495. The zero-order chi connectivity index (χ0) is 15.2. The molecule has 0 saturated carbocycles. The number of anilines is 1. The molecule has 1 fully saturated rings. The summed E-state index contributed by atoms with van der Waals surface area (Å²) >= 11 is 0. The molecule has 5 nitrogen and oxygen atoms in total. The van der Waals surface area contributed by atoms with Crippen LogP contribution in [0.15, 0.2) is 12.1 Å². The van der Waals surface area contributed by atoms with Crippen LogP contribution in [0.2, 0.25) is 0 Å². The lowest BCUT2D eigenvalue weighted by molar-refractivity contribution is 0.0743. The Labute approximate surface area is 126 Å². The molecular weight excluding hydrogens is 268 g/mol. The van der Waals surface area contributed by atoms with Crippen molar-refractivity contribution < 1.29 is 14.3 Å². The highest BCUT2D eigenvalue weighted by Gasteiger charge is 2.21. The molecule has 0 radical (unpaired) electrons. The fourth-order valence-electron chi connectivity index (χ4n) is 2.69. The van der Waals surface area contributed by atoms with E-state index in [1.165, 1.54) is 26.4 Å². The van der Waals surface area contributed by atoms with Crippen LogP contribution in [0.1, 0.15) is 42.5 Å². The van der Waals surface area contributed by atoms with Gasteiger partial charge < -0.3 is 20.1 Å². The van der Waals surface area contributed by atoms with Gasteiger partial charge in [0.1, 0.15) is 11.5 Å². The number of rotatable bonds is 3. The van der Waals surface area contributed by atoms with Gasteiger partial charge in [0.2, 0.25) is 0 Å². The van der Waals surface area contributed by atoms with E-state index in [9.17, 15) is 4.79 Å². The van der Waals surface area contributed by atoms with Crippen LogP contribution in [0.5, 0.6) is 11.5 Å². The zero-order valence-corrected chi connectivity index (χ0v) is 12.9. The van der Waals surface area contributed by atoms with Crippen molar-refractivity contribution in [2.75, 3.05) is 33.0 Å². The first-order valence-corrected chi connectivity index (χ1v) is 7.48. The molecule has 1 aromatic rings. The van der Waals surface area contributed by atoms with E-state index in [-0.39, 0.29) is 5.91 Å². The molecule has 1 heterocycles. The average molecular weight is 292 g/mol. The van der Waals surface area contributed by atoms with Crippen LogP contribution in [-0.4, -0.2) is 38.1 Å². The molecule has 0 unspecified atom stereocenters. The monoisotopic (exact) mass is 292 g/mol. The zero-order valence-electron chi connectivity index (χ0n) is 12.9. The number of benzene rings is 1. The van der Waals surface area contributed by atoms with Gasteiger partial charge in [-0.3, -0.25) is 4.79 Å². The Kier molecular flexibility index (Phi) is 5.31. The van der Waals surface area contributed by atoms with Gasteiger partial charge in [-0.15, -0.1) is 0 Å². The van der Waals surface area contributed by atoms with Gasteiger partial charge in [0.15, 0.2) is 0 Å². The summed E-state index contributed by atoms with van der Waals surface area (Å²) in [5.41, 5.74) is 6.91. The number of nitrogens with two attached hydrogens (primary N) is 1. The first-order chi connectivity index (χ1) is 10.2. The molecule has 1 saturated heterocycles. The highest BCUT2D eigenvalue weighted by atomic mass is 16.5. The molecule has 5 heteroatoms. The molecule has 0 spiro atoms. The maximum Gasteiger partial charge on any atom is 0.256 e. The van der Waals surface area contributed by atoms with Crippen LogP contribution < -0.4 is 15.2 Å². The van der Waals surface area contributed by atoms with Gasteiger partial charge in [-0.2, -0.15) is 0 Å². The van der Waals surface area contributed by atoms with Crippen molar-refractivity contribution in [3.05, 3.63) is 17.7 Å². The molecule has 116 valence electrons. The lowest BCUT2D eigenvalue weighted by atomic mass is 10.1. The molecule has 1 amide bonds. The first kappa shape index (κ1) is 15.5. The Morgan fingerprint density at radius 2 is 1.67 bits per heavy atom. The smallest absolute Gasteiger partial charge is 0.256 e. The minimum Gasteiger partial charge on any atom is -0.497 e. The van der Waals surface area contributed by atoms with E-state index in [0.717, 1.165) is 25.9 Å². The van der Waals surface area contributed by atoms with Crippen LogP contribution in [0, 0.1) is 0 Å². The fraction of sp³-hybridized carbons (Fsp3) is 0.562. The highest BCUT2D eigenvalue weighted by Crippen LogP contribution is 2.32. The summed E-state index contributed by atoms with van der Waals surface area (Å²) in [4.78, 5) is 14.6. The number of nitrogens with zero attached hydrogens (tertiary/aromatic N) is 1. The fourth-order valence-corrected chi connectivity index (χ4v) is 2.69. The molecule has 1 aliphatic rings. The van der Waals surface area contributed by atoms with E-state index in [1.807, 2.05) is 4.90 Å². The number of methoxy groups -OCH3 is 2. The van der Waals surface area contributed by atoms with Crippen LogP contribution in [0.4, 0.5) is 5.69 Å². The van der Waals surface area contributed by atoms with Gasteiger partial charge in [-0.1, -0.05) is 19.3 Å². The van der Waals surface area contributed by atoms with Gasteiger partial charge >= 0.3 is 0 Å². The number of carbonyl (C=O) groups excluding carboxylic acids is 1. The third-order valence-electron chi connectivity index (χ3n) is 3.94. The number of carbonyl (C=O) groups is 1. The number of likely N-dealkylation sites (tertiary alicyclic amines) is 1. The third kappa shape index (κ3) is 3.60. The van der Waals surface area contributed by atoms with E-state index >= 15 is 0 Å². The molecular formula is C16H24N2O3. The topological polar surface area (TPSA) is 64.8 Å². The Hall–Kier alpha value is -1.91. The Morgan fingerprint density at radius 3 is 2.24 bits per heavy atom. The number of ether oxygens (including phenoxy) is 2. The summed E-state index contributed by atoms with van der Waals surface area (Å²) < 4.78 is 10.5. The summed E-state index contributed by atoms with van der Waals surface area (Å²) in [6, 6.07) is 3.39. The van der Waals surface area contributed by atoms with E-state index < -0.39 is 0 Å². The van der Waals surface area contributed by atoms with Crippen LogP contribution in [0.3, 0.4) is 0 Å². The van der Waals surface area contributed by atoms with Crippen molar-refractivity contribution >= 4 is 11.6 Å². The van der Waals surface area contributed by atoms with Crippen molar-refractivity contribution in [1.82, 2.24) is 4.90 Å². The van der Waals surface area contributed by atoms with Crippen molar-refractivity contribution in [3.63, 3.8) is 0 Å². The Balaban J connectivity index is 2.28. The second kappa shape index (κ2) is 7.20. The van der Waals surface area contributed by atoms with Gasteiger partial charge in [0.05, 0.1) is 25.5 Å². The van der Waals surface area contributed by atoms with Gasteiger partial charge in [-0.25, -0.2) is 0 Å². The van der Waals surface area contributed by atoms with E-state index in [1.54, 1.807) is 19.2 Å². The number of nitrogen functional groups attached to an aromatic ring is 1. The molecule has 0 aromatic heterocycles. The number of amides is 1. The maximum atomic E-state index is 12.8. The maximum absolute atomic E-state index is 12.8. The molecule has 0 atom stereocenters. The summed E-state index contributed by atoms with van der Waals surface area (Å²) in [6.07, 6.45) is 5.72. The average Bonchev–Trinajstić information content (AvgIpc) is 2.46. The summed E-state index contributed by atoms with van der Waals surface area (Å²) in [7, 11) is 3.10. The summed E-state index contributed by atoms with van der Waals surface area (Å²) in [5.74, 6) is 1.02. The second-order valence-electron chi connectivity index (χ2n) is 5.35. The quantitative estimate of drug-likeness (QED) is 0.870. The van der Waals surface area contributed by atoms with Crippen molar-refractivity contribution in [2.24, 2.45) is 0 Å². The minimum absolute atomic E-state index is 0.0356. The predicted molar refractivity (Wildman–Crippen MR) is 82.9 cm³/mol. The van der Waals surface area contributed by atoms with Crippen LogP contribution >= 0.6 is 0 Å². The van der Waals surface area contributed by atoms with Crippen LogP contribution in [-0.2, 0) is 0 Å². The van der Waals surface area contributed by atoms with E-state index in [0.29, 0.717) is 22.7 Å². The van der Waals surface area contributed by atoms with E-state index in [4.69, 9.17) is 15.2 Å². The summed E-state index contributed by atoms with van der Waals surface area (Å²) in [6.45, 7) is 1.58. The van der Waals surface area contributed by atoms with Crippen LogP contribution in [0.25, 0.3) is 0 Å². The summed E-state index contributed by atoms with van der Waals surface area (Å²) in [5, 5.41) is 0. The highest BCUT2D eigenvalue weighted by molar-refractivity contribution is 6.01. The molecule has 1 aromatic carbocycles. The second-order valence-corrected chi connectivity index (χ2v) is 5.35. The van der Waals surface area contributed by atoms with Crippen molar-refractivity contribution in [2.45, 2.75) is 32.1 Å². The lowest BCUT2D eigenvalue weighted by Gasteiger charge is -2.26. The standard InChI is InChI=1S/C16H24N2O3/c1-20-12-10-13(15(17)14(11-12)21-2)16(19)18-8-6-4-3-5-7-9-18/h10-11H,3-9,17H2,1-2H3. The molecule has 21 heavy (non-hydrogen) atoms.